The number of nitrogens with two attached hydrogens (primary N) is 1. The number of amides is 8. The van der Waals surface area contributed by atoms with Gasteiger partial charge >= 0.3 is 24.3 Å². The Bertz CT molecular complexity index is 1760. The summed E-state index contributed by atoms with van der Waals surface area (Å²) in [6.45, 7) is 2.80. The van der Waals surface area contributed by atoms with Crippen LogP contribution in [0.4, 0.5) is 28.4 Å². The summed E-state index contributed by atoms with van der Waals surface area (Å²) in [4.78, 5) is 113. The van der Waals surface area contributed by atoms with Crippen LogP contribution in [-0.4, -0.2) is 144 Å². The van der Waals surface area contributed by atoms with E-state index in [9.17, 15) is 56.6 Å². The first-order valence-electron chi connectivity index (χ1n) is 19.0. The van der Waals surface area contributed by atoms with E-state index in [4.69, 9.17) is 20.4 Å². The number of carboxylic acids is 1. The van der Waals surface area contributed by atoms with Crippen molar-refractivity contribution in [1.82, 2.24) is 30.7 Å². The molecule has 0 radical (unpaired) electrons. The second-order valence-electron chi connectivity index (χ2n) is 14.2. The molecule has 1 aromatic carbocycles. The minimum atomic E-state index is -5.08. The van der Waals surface area contributed by atoms with Crippen LogP contribution in [0.3, 0.4) is 0 Å². The van der Waals surface area contributed by atoms with Crippen LogP contribution in [0.2, 0.25) is 0 Å². The second-order valence-corrected chi connectivity index (χ2v) is 14.2. The van der Waals surface area contributed by atoms with Gasteiger partial charge in [0.15, 0.2) is 0 Å². The maximum Gasteiger partial charge on any atom is 0.506 e. The molecule has 8 amide bonds. The van der Waals surface area contributed by atoms with Crippen molar-refractivity contribution in [2.75, 3.05) is 58.2 Å². The molecule has 1 saturated heterocycles. The zero-order valence-corrected chi connectivity index (χ0v) is 32.8. The average Bonchev–Trinajstić information content (AvgIpc) is 3.48. The van der Waals surface area contributed by atoms with Gasteiger partial charge in [0.25, 0.3) is 17.7 Å². The summed E-state index contributed by atoms with van der Waals surface area (Å²) in [7, 11) is 1.92. The Kier molecular flexibility index (Phi) is 17.8. The number of alkyl halides is 3. The number of halogens is 3. The van der Waals surface area contributed by atoms with Crippen molar-refractivity contribution in [1.29, 1.82) is 0 Å². The summed E-state index contributed by atoms with van der Waals surface area (Å²) in [5.41, 5.74) is 4.36. The van der Waals surface area contributed by atoms with Gasteiger partial charge in [0.05, 0.1) is 0 Å². The van der Waals surface area contributed by atoms with Gasteiger partial charge in [-0.2, -0.15) is 13.2 Å². The van der Waals surface area contributed by atoms with Crippen molar-refractivity contribution in [2.24, 2.45) is 11.1 Å². The molecule has 2 atom stereocenters. The molecule has 8 N–H and O–H groups in total. The van der Waals surface area contributed by atoms with Crippen LogP contribution >= 0.6 is 0 Å². The third-order valence-corrected chi connectivity index (χ3v) is 9.89. The molecule has 0 bridgehead atoms. The largest absolute Gasteiger partial charge is 0.506 e. The first kappa shape index (κ1) is 48.1. The smallest absolute Gasteiger partial charge is 0.475 e. The van der Waals surface area contributed by atoms with Crippen LogP contribution in [0.1, 0.15) is 63.0 Å². The van der Waals surface area contributed by atoms with Crippen molar-refractivity contribution in [3.05, 3.63) is 42.0 Å². The van der Waals surface area contributed by atoms with Gasteiger partial charge in [-0.05, 0) is 64.1 Å². The Balaban J connectivity index is 0.00000126. The van der Waals surface area contributed by atoms with Crippen LogP contribution in [0.25, 0.3) is 0 Å². The number of anilines is 1. The molecule has 4 rings (SSSR count). The van der Waals surface area contributed by atoms with Gasteiger partial charge in [0.2, 0.25) is 23.8 Å². The number of ether oxygens (including phenoxy) is 1. The van der Waals surface area contributed by atoms with E-state index in [2.05, 4.69) is 26.2 Å². The number of carbonyl (C=O) groups is 9. The fourth-order valence-electron chi connectivity index (χ4n) is 6.29. The van der Waals surface area contributed by atoms with E-state index in [0.717, 1.165) is 4.90 Å². The lowest BCUT2D eigenvalue weighted by Gasteiger charge is -2.39. The number of likely N-dealkylation sites (N-methyl/N-ethyl adjacent to an activating group) is 1. The van der Waals surface area contributed by atoms with Crippen molar-refractivity contribution in [2.45, 2.75) is 69.7 Å². The molecule has 1 aliphatic carbocycles. The standard InChI is InChI=1S/C35H48N8O10.C2HF3O2/c1-41-19-21-42(22-20-41)30(47)28(53-34(51)52)23-8-10-24(11-9-23)39-29(46)25(7-5-17-38-33(36)50)40-32(49)35(14-6-15-35)31(48)37-16-3-2-4-18-43-26(44)12-13-27(43)45;3-2(4,5)1(6)7/h8-13,25,28H,2-7,14-22H2,1H3,(H,37,48)(H,39,46)(H,40,49)(H,51,52)(H3,36,38,50);(H,6,7). The third-order valence-electron chi connectivity index (χ3n) is 9.89. The molecular formula is C37H49F3N8O12. The molecular weight excluding hydrogens is 805 g/mol. The first-order valence-corrected chi connectivity index (χ1v) is 19.0. The van der Waals surface area contributed by atoms with Crippen molar-refractivity contribution < 1.29 is 71.3 Å². The zero-order valence-electron chi connectivity index (χ0n) is 32.8. The number of piperazine rings is 1. The molecule has 60 heavy (non-hydrogen) atoms. The van der Waals surface area contributed by atoms with Crippen LogP contribution in [0.15, 0.2) is 36.4 Å². The number of urea groups is 1. The van der Waals surface area contributed by atoms with Gasteiger partial charge in [-0.1, -0.05) is 18.6 Å². The van der Waals surface area contributed by atoms with E-state index in [-0.39, 0.29) is 49.9 Å². The molecule has 0 spiro atoms. The van der Waals surface area contributed by atoms with Gasteiger partial charge in [0, 0.05) is 69.2 Å². The third kappa shape index (κ3) is 14.2. The summed E-state index contributed by atoms with van der Waals surface area (Å²) in [5.74, 6) is -5.60. The van der Waals surface area contributed by atoms with Crippen molar-refractivity contribution >= 4 is 59.3 Å². The number of unbranched alkanes of at least 4 members (excludes halogenated alkanes) is 2. The molecule has 2 aliphatic heterocycles. The highest BCUT2D eigenvalue weighted by molar-refractivity contribution is 6.13. The number of aliphatic carboxylic acids is 1. The number of primary amides is 1. The highest BCUT2D eigenvalue weighted by Crippen LogP contribution is 2.41. The minimum absolute atomic E-state index is 0.0965. The van der Waals surface area contributed by atoms with E-state index in [1.807, 2.05) is 7.05 Å². The molecule has 1 aromatic rings. The molecule has 2 unspecified atom stereocenters. The maximum atomic E-state index is 13.6. The van der Waals surface area contributed by atoms with Crippen LogP contribution in [-0.2, 0) is 38.3 Å². The monoisotopic (exact) mass is 854 g/mol. The summed E-state index contributed by atoms with van der Waals surface area (Å²) in [6.07, 6.45) is -2.27. The number of nitrogens with zero attached hydrogens (tertiary/aromatic N) is 3. The Morgan fingerprint density at radius 2 is 1.43 bits per heavy atom. The summed E-state index contributed by atoms with van der Waals surface area (Å²) >= 11 is 0. The van der Waals surface area contributed by atoms with Gasteiger partial charge in [-0.15, -0.1) is 0 Å². The van der Waals surface area contributed by atoms with Crippen LogP contribution in [0, 0.1) is 5.41 Å². The van der Waals surface area contributed by atoms with E-state index in [1.165, 1.54) is 36.4 Å². The predicted octanol–water partition coefficient (Wildman–Crippen LogP) is 1.08. The molecule has 1 saturated carbocycles. The Morgan fingerprint density at radius 1 is 0.850 bits per heavy atom. The highest BCUT2D eigenvalue weighted by atomic mass is 19.4. The predicted molar refractivity (Wildman–Crippen MR) is 202 cm³/mol. The molecule has 330 valence electrons. The summed E-state index contributed by atoms with van der Waals surface area (Å²) < 4.78 is 36.7. The van der Waals surface area contributed by atoms with Crippen molar-refractivity contribution in [3.63, 3.8) is 0 Å². The fraction of sp³-hybridized carbons (Fsp3) is 0.541. The first-order chi connectivity index (χ1) is 28.2. The van der Waals surface area contributed by atoms with Gasteiger partial charge in [-0.3, -0.25) is 33.7 Å². The lowest BCUT2D eigenvalue weighted by Crippen LogP contribution is -2.58. The SMILES string of the molecule is CN1CCN(C(=O)C(OC(=O)O)c2ccc(NC(=O)C(CCCNC(N)=O)NC(=O)C3(C(=O)NCCCCCN4C(=O)C=CC4=O)CCC3)cc2)CC1.O=C(O)C(F)(F)F. The summed E-state index contributed by atoms with van der Waals surface area (Å²) in [5, 5.41) is 27.2. The maximum absolute atomic E-state index is 13.6. The van der Waals surface area contributed by atoms with Gasteiger partial charge in [-0.25, -0.2) is 14.4 Å². The number of rotatable bonds is 18. The molecule has 3 aliphatic rings. The number of hydrogen-bond acceptors (Lipinski definition) is 11. The molecule has 2 heterocycles. The molecule has 20 nitrogen and oxygen atoms in total. The zero-order chi connectivity index (χ0) is 44.6. The van der Waals surface area contributed by atoms with Crippen LogP contribution < -0.4 is 27.0 Å². The Hall–Kier alpha value is -6.26. The second kappa shape index (κ2) is 22.2. The molecule has 23 heteroatoms. The number of imide groups is 1. The number of carboxylic acid groups (broad SMARTS) is 2. The number of hydrogen-bond donors (Lipinski definition) is 7. The lowest BCUT2D eigenvalue weighted by molar-refractivity contribution is -0.192. The number of carbonyl (C=O) groups excluding carboxylic acids is 7. The van der Waals surface area contributed by atoms with E-state index in [0.29, 0.717) is 70.4 Å². The highest BCUT2D eigenvalue weighted by Gasteiger charge is 2.51. The quantitative estimate of drug-likeness (QED) is 0.0472. The van der Waals surface area contributed by atoms with E-state index in [1.54, 1.807) is 4.90 Å². The molecule has 0 aromatic heterocycles. The van der Waals surface area contributed by atoms with Crippen molar-refractivity contribution in [3.8, 4) is 0 Å². The van der Waals surface area contributed by atoms with E-state index >= 15 is 0 Å². The van der Waals surface area contributed by atoms with Gasteiger partial charge in [0.1, 0.15) is 11.5 Å². The normalized spacial score (nSPS) is 16.9. The Labute approximate surface area is 342 Å². The van der Waals surface area contributed by atoms with Crippen LogP contribution in [0.5, 0.6) is 0 Å². The number of nitrogens with one attached hydrogen (secondary N) is 4. The topological polar surface area (TPSA) is 287 Å². The fourth-order valence-corrected chi connectivity index (χ4v) is 6.29. The Morgan fingerprint density at radius 3 is 1.95 bits per heavy atom. The lowest BCUT2D eigenvalue weighted by atomic mass is 9.67. The van der Waals surface area contributed by atoms with Gasteiger partial charge < -0.3 is 51.8 Å². The summed E-state index contributed by atoms with van der Waals surface area (Å²) in [6, 6.07) is 4.06. The molecule has 2 fully saturated rings. The number of benzene rings is 1. The average molecular weight is 855 g/mol. The minimum Gasteiger partial charge on any atom is -0.475 e. The van der Waals surface area contributed by atoms with E-state index < -0.39 is 65.5 Å².